The Morgan fingerprint density at radius 2 is 1.80 bits per heavy atom. The van der Waals surface area contributed by atoms with Crippen molar-refractivity contribution in [2.75, 3.05) is 6.54 Å². The van der Waals surface area contributed by atoms with Gasteiger partial charge < -0.3 is 10.3 Å². The van der Waals surface area contributed by atoms with Gasteiger partial charge in [-0.3, -0.25) is 15.1 Å². The summed E-state index contributed by atoms with van der Waals surface area (Å²) in [6.45, 7) is 3.76. The van der Waals surface area contributed by atoms with E-state index in [1.54, 1.807) is 18.5 Å². The fourth-order valence-corrected chi connectivity index (χ4v) is 4.30. The molecule has 0 bridgehead atoms. The molecule has 0 fully saturated rings. The van der Waals surface area contributed by atoms with Crippen molar-refractivity contribution < 1.29 is 4.39 Å². The van der Waals surface area contributed by atoms with Gasteiger partial charge in [0.25, 0.3) is 0 Å². The minimum atomic E-state index is -0.301. The molecule has 0 saturated carbocycles. The molecule has 0 atom stereocenters. The molecule has 0 aliphatic heterocycles. The van der Waals surface area contributed by atoms with Crippen LogP contribution in [0.2, 0.25) is 0 Å². The van der Waals surface area contributed by atoms with E-state index in [2.05, 4.69) is 55.6 Å². The summed E-state index contributed by atoms with van der Waals surface area (Å²) in [6.07, 6.45) is 7.17. The first-order chi connectivity index (χ1) is 17.2. The topological polar surface area (TPSA) is 95.2 Å². The van der Waals surface area contributed by atoms with Crippen molar-refractivity contribution >= 4 is 21.9 Å². The lowest BCUT2D eigenvalue weighted by Crippen LogP contribution is -2.11. The molecule has 0 amide bonds. The molecular formula is C27H22FN7. The molecule has 4 aromatic heterocycles. The maximum atomic E-state index is 13.8. The van der Waals surface area contributed by atoms with Gasteiger partial charge in [0.2, 0.25) is 0 Å². The molecule has 172 valence electrons. The summed E-state index contributed by atoms with van der Waals surface area (Å²) in [5, 5.41) is 11.9. The number of pyridine rings is 2. The quantitative estimate of drug-likeness (QED) is 0.304. The van der Waals surface area contributed by atoms with Gasteiger partial charge >= 0.3 is 0 Å². The van der Waals surface area contributed by atoms with Crippen LogP contribution in [0.3, 0.4) is 0 Å². The summed E-state index contributed by atoms with van der Waals surface area (Å²) in [6, 6.07) is 14.8. The van der Waals surface area contributed by atoms with E-state index in [4.69, 9.17) is 4.98 Å². The number of fused-ring (bicyclic) bond motifs is 2. The Morgan fingerprint density at radius 1 is 0.886 bits per heavy atom. The van der Waals surface area contributed by atoms with Crippen molar-refractivity contribution in [3.05, 3.63) is 84.7 Å². The van der Waals surface area contributed by atoms with Crippen molar-refractivity contribution in [3.63, 3.8) is 0 Å². The number of nitrogens with zero attached hydrogens (tertiary/aromatic N) is 4. The molecule has 2 aromatic carbocycles. The molecule has 0 unspecified atom stereocenters. The molecule has 4 heterocycles. The minimum Gasteiger partial charge on any atom is -0.335 e. The number of rotatable bonds is 6. The minimum absolute atomic E-state index is 0.301. The van der Waals surface area contributed by atoms with E-state index in [0.29, 0.717) is 17.0 Å². The zero-order valence-corrected chi connectivity index (χ0v) is 19.0. The highest BCUT2D eigenvalue weighted by molar-refractivity contribution is 5.98. The molecule has 8 heteroatoms. The Labute approximate surface area is 200 Å². The number of H-pyrrole nitrogens is 2. The third-order valence-electron chi connectivity index (χ3n) is 6.02. The molecule has 6 rings (SSSR count). The van der Waals surface area contributed by atoms with E-state index < -0.39 is 0 Å². The van der Waals surface area contributed by atoms with Gasteiger partial charge in [0.05, 0.1) is 22.7 Å². The van der Waals surface area contributed by atoms with Crippen LogP contribution >= 0.6 is 0 Å². The molecule has 0 radical (unpaired) electrons. The summed E-state index contributed by atoms with van der Waals surface area (Å²) in [7, 11) is 0. The highest BCUT2D eigenvalue weighted by Gasteiger charge is 2.16. The Bertz CT molecular complexity index is 1670. The third kappa shape index (κ3) is 3.94. The van der Waals surface area contributed by atoms with Crippen molar-refractivity contribution in [1.82, 2.24) is 35.5 Å². The Balaban J connectivity index is 1.44. The maximum Gasteiger partial charge on any atom is 0.159 e. The van der Waals surface area contributed by atoms with Crippen LogP contribution < -0.4 is 5.32 Å². The lowest BCUT2D eigenvalue weighted by atomic mass is 10.0. The first-order valence-electron chi connectivity index (χ1n) is 11.4. The highest BCUT2D eigenvalue weighted by Crippen LogP contribution is 2.33. The fourth-order valence-electron chi connectivity index (χ4n) is 4.30. The molecule has 0 spiro atoms. The second kappa shape index (κ2) is 8.73. The number of hydrogen-bond donors (Lipinski definition) is 3. The highest BCUT2D eigenvalue weighted by atomic mass is 19.1. The number of aromatic nitrogens is 6. The van der Waals surface area contributed by atoms with E-state index in [-0.39, 0.29) is 5.82 Å². The number of nitrogens with one attached hydrogen (secondary N) is 3. The molecular weight excluding hydrogens is 441 g/mol. The normalized spacial score (nSPS) is 11.5. The van der Waals surface area contributed by atoms with Crippen LogP contribution in [-0.4, -0.2) is 36.7 Å². The second-order valence-corrected chi connectivity index (χ2v) is 8.37. The van der Waals surface area contributed by atoms with E-state index in [9.17, 15) is 4.39 Å². The van der Waals surface area contributed by atoms with Gasteiger partial charge in [0, 0.05) is 41.6 Å². The van der Waals surface area contributed by atoms with Crippen LogP contribution in [0, 0.1) is 5.82 Å². The molecule has 0 aliphatic rings. The molecule has 7 nitrogen and oxygen atoms in total. The number of hydrogen-bond acceptors (Lipinski definition) is 5. The van der Waals surface area contributed by atoms with Crippen LogP contribution in [-0.2, 0) is 6.54 Å². The third-order valence-corrected chi connectivity index (χ3v) is 6.02. The largest absolute Gasteiger partial charge is 0.335 e. The van der Waals surface area contributed by atoms with Crippen LogP contribution in [0.15, 0.2) is 73.3 Å². The number of aromatic amines is 2. The second-order valence-electron chi connectivity index (χ2n) is 8.37. The Morgan fingerprint density at radius 3 is 2.69 bits per heavy atom. The van der Waals surface area contributed by atoms with E-state index in [1.807, 2.05) is 24.5 Å². The molecule has 3 N–H and O–H groups in total. The summed E-state index contributed by atoms with van der Waals surface area (Å²) in [5.74, 6) is 0.318. The summed E-state index contributed by atoms with van der Waals surface area (Å²) >= 11 is 0. The van der Waals surface area contributed by atoms with E-state index in [1.165, 1.54) is 12.1 Å². The lowest BCUT2D eigenvalue weighted by molar-refractivity contribution is 0.628. The fraction of sp³-hybridized carbons (Fsp3) is 0.111. The van der Waals surface area contributed by atoms with Crippen molar-refractivity contribution in [1.29, 1.82) is 0 Å². The van der Waals surface area contributed by atoms with Gasteiger partial charge in [-0.1, -0.05) is 25.1 Å². The van der Waals surface area contributed by atoms with Crippen LogP contribution in [0.1, 0.15) is 12.5 Å². The molecule has 0 saturated heterocycles. The van der Waals surface area contributed by atoms with Gasteiger partial charge in [-0.15, -0.1) is 0 Å². The first-order valence-corrected chi connectivity index (χ1v) is 11.4. The summed E-state index contributed by atoms with van der Waals surface area (Å²) in [4.78, 5) is 16.9. The van der Waals surface area contributed by atoms with Crippen LogP contribution in [0.4, 0.5) is 4.39 Å². The van der Waals surface area contributed by atoms with Gasteiger partial charge in [0.15, 0.2) is 5.82 Å². The number of halogens is 1. The average Bonchev–Trinajstić information content (AvgIpc) is 3.51. The van der Waals surface area contributed by atoms with Gasteiger partial charge in [-0.05, 0) is 53.6 Å². The molecule has 0 aliphatic carbocycles. The Hall–Kier alpha value is -4.43. The smallest absolute Gasteiger partial charge is 0.159 e. The molecule has 6 aromatic rings. The lowest BCUT2D eigenvalue weighted by Gasteiger charge is -2.06. The first kappa shape index (κ1) is 21.1. The van der Waals surface area contributed by atoms with Gasteiger partial charge in [-0.2, -0.15) is 5.10 Å². The van der Waals surface area contributed by atoms with Crippen molar-refractivity contribution in [3.8, 4) is 33.8 Å². The zero-order chi connectivity index (χ0) is 23.8. The predicted octanol–water partition coefficient (Wildman–Crippen LogP) is 5.48. The van der Waals surface area contributed by atoms with E-state index in [0.717, 1.165) is 57.3 Å². The standard InChI is InChI=1S/C27H22FN7/c1-2-29-11-16-8-19(13-30-12-16)17-6-7-23-21(10-17)26(35-34-23)27-32-24-15-31-14-22(25(24)33-27)18-4-3-5-20(28)9-18/h3-10,12-15,29H,2,11H2,1H3,(H,32,33)(H,34,35). The van der Waals surface area contributed by atoms with Crippen LogP contribution in [0.25, 0.3) is 55.7 Å². The van der Waals surface area contributed by atoms with Crippen molar-refractivity contribution in [2.24, 2.45) is 0 Å². The average molecular weight is 464 g/mol. The van der Waals surface area contributed by atoms with E-state index >= 15 is 0 Å². The zero-order valence-electron chi connectivity index (χ0n) is 19.0. The predicted molar refractivity (Wildman–Crippen MR) is 135 cm³/mol. The molecule has 35 heavy (non-hydrogen) atoms. The summed E-state index contributed by atoms with van der Waals surface area (Å²) < 4.78 is 13.8. The Kier molecular flexibility index (Phi) is 5.27. The number of benzene rings is 2. The van der Waals surface area contributed by atoms with Crippen molar-refractivity contribution in [2.45, 2.75) is 13.5 Å². The van der Waals surface area contributed by atoms with Crippen LogP contribution in [0.5, 0.6) is 0 Å². The maximum absolute atomic E-state index is 13.8. The number of imidazole rings is 1. The van der Waals surface area contributed by atoms with Gasteiger partial charge in [-0.25, -0.2) is 9.37 Å². The monoisotopic (exact) mass is 463 g/mol. The SMILES string of the molecule is CCNCc1cncc(-c2ccc3[nH]nc(-c4nc5c(-c6cccc(F)c6)cncc5[nH]4)c3c2)c1. The summed E-state index contributed by atoms with van der Waals surface area (Å²) in [5.41, 5.74) is 7.79. The van der Waals surface area contributed by atoms with Gasteiger partial charge in [0.1, 0.15) is 11.5 Å².